The number of hydrogen-bond donors (Lipinski definition) is 4. The van der Waals surface area contributed by atoms with Crippen molar-refractivity contribution in [2.45, 2.75) is 56.8 Å². The van der Waals surface area contributed by atoms with Crippen molar-refractivity contribution in [2.75, 3.05) is 24.2 Å². The van der Waals surface area contributed by atoms with Crippen LogP contribution in [-0.2, 0) is 16.4 Å². The van der Waals surface area contributed by atoms with Crippen molar-refractivity contribution in [3.05, 3.63) is 101 Å². The van der Waals surface area contributed by atoms with E-state index in [0.29, 0.717) is 6.42 Å². The van der Waals surface area contributed by atoms with Gasteiger partial charge in [0, 0.05) is 24.2 Å². The summed E-state index contributed by atoms with van der Waals surface area (Å²) in [4.78, 5) is 27.1. The molecule has 0 unspecified atom stereocenters. The van der Waals surface area contributed by atoms with Gasteiger partial charge in [0.05, 0.1) is 30.1 Å². The van der Waals surface area contributed by atoms with E-state index < -0.39 is 34.0 Å². The predicted molar refractivity (Wildman–Crippen MR) is 165 cm³/mol. The monoisotopic (exact) mass is 592 g/mol. The van der Waals surface area contributed by atoms with Gasteiger partial charge in [-0.2, -0.15) is 0 Å². The van der Waals surface area contributed by atoms with Gasteiger partial charge in [0.15, 0.2) is 0 Å². The van der Waals surface area contributed by atoms with Gasteiger partial charge in [-0.15, -0.1) is 0 Å². The van der Waals surface area contributed by atoms with Crippen molar-refractivity contribution in [2.24, 2.45) is 0 Å². The van der Waals surface area contributed by atoms with Gasteiger partial charge in [-0.05, 0) is 62.1 Å². The molecular formula is C32H40N4O5S. The van der Waals surface area contributed by atoms with E-state index in [1.54, 1.807) is 0 Å². The van der Waals surface area contributed by atoms with Crippen LogP contribution in [0.3, 0.4) is 0 Å². The highest BCUT2D eigenvalue weighted by molar-refractivity contribution is 7.92. The minimum atomic E-state index is -3.68. The minimum absolute atomic E-state index is 0.113. The van der Waals surface area contributed by atoms with E-state index in [4.69, 9.17) is 0 Å². The molecule has 1 aliphatic rings. The first-order valence-corrected chi connectivity index (χ1v) is 16.1. The molecule has 0 saturated carbocycles. The number of benzene rings is 3. The van der Waals surface area contributed by atoms with E-state index in [9.17, 15) is 23.1 Å². The predicted octanol–water partition coefficient (Wildman–Crippen LogP) is 3.42. The number of piperidine rings is 1. The van der Waals surface area contributed by atoms with E-state index in [1.807, 2.05) is 67.6 Å². The van der Waals surface area contributed by atoms with Gasteiger partial charge in [-0.1, -0.05) is 67.1 Å². The maximum atomic E-state index is 13.7. The lowest BCUT2D eigenvalue weighted by Crippen LogP contribution is -2.55. The molecule has 42 heavy (non-hydrogen) atoms. The summed E-state index contributed by atoms with van der Waals surface area (Å²) in [7, 11) is -2.30. The van der Waals surface area contributed by atoms with Crippen molar-refractivity contribution in [1.82, 2.24) is 16.0 Å². The third kappa shape index (κ3) is 8.18. The van der Waals surface area contributed by atoms with Crippen LogP contribution in [0, 0.1) is 0 Å². The van der Waals surface area contributed by atoms with Crippen LogP contribution in [0.4, 0.5) is 5.69 Å². The number of amides is 2. The number of sulfonamides is 1. The molecule has 0 aliphatic carbocycles. The van der Waals surface area contributed by atoms with Crippen LogP contribution in [0.1, 0.15) is 64.1 Å². The number of anilines is 1. The summed E-state index contributed by atoms with van der Waals surface area (Å²) in [6, 6.07) is 22.3. The second-order valence-corrected chi connectivity index (χ2v) is 12.9. The van der Waals surface area contributed by atoms with Crippen molar-refractivity contribution in [1.29, 1.82) is 0 Å². The molecule has 4 atom stereocenters. The van der Waals surface area contributed by atoms with Gasteiger partial charge in [-0.25, -0.2) is 8.42 Å². The average Bonchev–Trinajstić information content (AvgIpc) is 3.00. The zero-order valence-electron chi connectivity index (χ0n) is 24.3. The van der Waals surface area contributed by atoms with E-state index in [1.165, 1.54) is 25.2 Å². The number of carbonyl (C=O) groups is 2. The number of nitrogens with one attached hydrogen (secondary N) is 3. The van der Waals surface area contributed by atoms with Gasteiger partial charge in [-0.3, -0.25) is 13.9 Å². The summed E-state index contributed by atoms with van der Waals surface area (Å²) in [5.41, 5.74) is 2.30. The molecule has 0 radical (unpaired) electrons. The van der Waals surface area contributed by atoms with Gasteiger partial charge < -0.3 is 21.1 Å². The Hall–Kier alpha value is -3.73. The largest absolute Gasteiger partial charge is 0.389 e. The summed E-state index contributed by atoms with van der Waals surface area (Å²) in [5.74, 6) is -0.962. The molecule has 4 N–H and O–H groups in total. The van der Waals surface area contributed by atoms with E-state index in [-0.39, 0.29) is 28.9 Å². The lowest BCUT2D eigenvalue weighted by Gasteiger charge is -2.34. The average molecular weight is 593 g/mol. The quantitative estimate of drug-likeness (QED) is 0.270. The second-order valence-electron chi connectivity index (χ2n) is 10.9. The molecule has 9 nitrogen and oxygen atoms in total. The second kappa shape index (κ2) is 14.0. The third-order valence-electron chi connectivity index (χ3n) is 7.74. The zero-order chi connectivity index (χ0) is 30.3. The fraction of sp³-hybridized carbons (Fsp3) is 0.375. The summed E-state index contributed by atoms with van der Waals surface area (Å²) < 4.78 is 25.8. The Kier molecular flexibility index (Phi) is 10.4. The normalized spacial score (nSPS) is 17.5. The first-order valence-electron chi connectivity index (χ1n) is 14.2. The van der Waals surface area contributed by atoms with Crippen LogP contribution in [0.5, 0.6) is 0 Å². The lowest BCUT2D eigenvalue weighted by atomic mass is 9.91. The molecule has 224 valence electrons. The van der Waals surface area contributed by atoms with Crippen molar-refractivity contribution in [3.8, 4) is 0 Å². The standard InChI is InChI=1S/C32H40N4O5S/c1-22(24-14-8-5-9-15-24)34-31(38)25-19-26(21-27(20-25)36(2)42(3,40)41)32(39)35-29(18-23-12-6-4-7-13-23)30(37)28-16-10-11-17-33-28/h4-9,12-15,19-22,28-30,33,37H,10-11,16-18H2,1-3H3,(H,34,38)(H,35,39)/t22-,28-,29+,30-/m1/s1. The maximum absolute atomic E-state index is 13.7. The molecule has 1 aliphatic heterocycles. The first-order chi connectivity index (χ1) is 20.0. The Morgan fingerprint density at radius 3 is 2.12 bits per heavy atom. The Labute approximate surface area is 248 Å². The molecule has 0 bridgehead atoms. The molecule has 1 saturated heterocycles. The van der Waals surface area contributed by atoms with Gasteiger partial charge in [0.2, 0.25) is 10.0 Å². The van der Waals surface area contributed by atoms with Crippen LogP contribution in [0.25, 0.3) is 0 Å². The third-order valence-corrected chi connectivity index (χ3v) is 8.94. The summed E-state index contributed by atoms with van der Waals surface area (Å²) >= 11 is 0. The topological polar surface area (TPSA) is 128 Å². The summed E-state index contributed by atoms with van der Waals surface area (Å²) in [6.07, 6.45) is 3.41. The fourth-order valence-corrected chi connectivity index (χ4v) is 5.67. The molecule has 0 aromatic heterocycles. The number of hydrogen-bond acceptors (Lipinski definition) is 6. The molecule has 3 aromatic rings. The molecule has 2 amide bonds. The highest BCUT2D eigenvalue weighted by atomic mass is 32.2. The molecule has 1 heterocycles. The molecule has 10 heteroatoms. The molecule has 3 aromatic carbocycles. The van der Waals surface area contributed by atoms with Gasteiger partial charge in [0.1, 0.15) is 0 Å². The summed E-state index contributed by atoms with van der Waals surface area (Å²) in [5, 5.41) is 20.6. The van der Waals surface area contributed by atoms with Crippen LogP contribution in [-0.4, -0.2) is 63.4 Å². The Morgan fingerprint density at radius 2 is 1.55 bits per heavy atom. The molecule has 1 fully saturated rings. The summed E-state index contributed by atoms with van der Waals surface area (Å²) in [6.45, 7) is 2.65. The first kappa shape index (κ1) is 31.2. The van der Waals surface area contributed by atoms with Crippen molar-refractivity contribution >= 4 is 27.5 Å². The maximum Gasteiger partial charge on any atom is 0.251 e. The highest BCUT2D eigenvalue weighted by Crippen LogP contribution is 2.23. The number of aliphatic hydroxyl groups is 1. The Morgan fingerprint density at radius 1 is 0.952 bits per heavy atom. The number of aliphatic hydroxyl groups excluding tert-OH is 1. The van der Waals surface area contributed by atoms with E-state index in [0.717, 1.165) is 47.5 Å². The highest BCUT2D eigenvalue weighted by Gasteiger charge is 2.31. The van der Waals surface area contributed by atoms with Crippen LogP contribution >= 0.6 is 0 Å². The van der Waals surface area contributed by atoms with Gasteiger partial charge in [0.25, 0.3) is 11.8 Å². The number of nitrogens with zero attached hydrogens (tertiary/aromatic N) is 1. The fourth-order valence-electron chi connectivity index (χ4n) is 5.18. The molecule has 0 spiro atoms. The van der Waals surface area contributed by atoms with Crippen LogP contribution in [0.2, 0.25) is 0 Å². The van der Waals surface area contributed by atoms with Crippen molar-refractivity contribution < 1.29 is 23.1 Å². The van der Waals surface area contributed by atoms with E-state index >= 15 is 0 Å². The van der Waals surface area contributed by atoms with Crippen LogP contribution in [0.15, 0.2) is 78.9 Å². The number of carbonyl (C=O) groups excluding carboxylic acids is 2. The van der Waals surface area contributed by atoms with Crippen LogP contribution < -0.4 is 20.3 Å². The minimum Gasteiger partial charge on any atom is -0.389 e. The molecular weight excluding hydrogens is 552 g/mol. The smallest absolute Gasteiger partial charge is 0.251 e. The Bertz CT molecular complexity index is 1460. The van der Waals surface area contributed by atoms with E-state index in [2.05, 4.69) is 16.0 Å². The molecule has 4 rings (SSSR count). The SMILES string of the molecule is C[C@@H](NC(=O)c1cc(C(=O)N[C@@H](Cc2ccccc2)[C@H](O)[C@H]2CCCCN2)cc(N(C)S(C)(=O)=O)c1)c1ccccc1. The van der Waals surface area contributed by atoms with Gasteiger partial charge >= 0.3 is 0 Å². The lowest BCUT2D eigenvalue weighted by molar-refractivity contribution is 0.0647. The Balaban J connectivity index is 1.64. The van der Waals surface area contributed by atoms with Crippen molar-refractivity contribution in [3.63, 3.8) is 0 Å². The zero-order valence-corrected chi connectivity index (χ0v) is 25.1. The number of rotatable bonds is 11.